The number of anilines is 1. The van der Waals surface area contributed by atoms with E-state index in [9.17, 15) is 4.79 Å². The summed E-state index contributed by atoms with van der Waals surface area (Å²) in [6, 6.07) is 18.8. The van der Waals surface area contributed by atoms with Crippen LogP contribution in [0.5, 0.6) is 11.5 Å². The average molecular weight is 553 g/mol. The lowest BCUT2D eigenvalue weighted by atomic mass is 10.1. The molecule has 166 valence electrons. The van der Waals surface area contributed by atoms with Gasteiger partial charge in [-0.25, -0.2) is 0 Å². The predicted molar refractivity (Wildman–Crippen MR) is 135 cm³/mol. The first-order valence-corrected chi connectivity index (χ1v) is 12.6. The molecule has 1 heterocycles. The Morgan fingerprint density at radius 3 is 2.56 bits per heavy atom. The van der Waals surface area contributed by atoms with Gasteiger partial charge < -0.3 is 9.47 Å². The van der Waals surface area contributed by atoms with Gasteiger partial charge in [0.05, 0.1) is 16.8 Å². The second kappa shape index (κ2) is 10.4. The Morgan fingerprint density at radius 1 is 1.09 bits per heavy atom. The summed E-state index contributed by atoms with van der Waals surface area (Å²) < 4.78 is 12.7. The fourth-order valence-electron chi connectivity index (χ4n) is 3.45. The molecule has 0 aliphatic carbocycles. The molecule has 1 fully saturated rings. The quantitative estimate of drug-likeness (QED) is 0.304. The molecule has 8 heteroatoms. The summed E-state index contributed by atoms with van der Waals surface area (Å²) in [6.45, 7) is 2.72. The summed E-state index contributed by atoms with van der Waals surface area (Å²) in [5.74, 6) is 1.66. The molecule has 0 aromatic heterocycles. The van der Waals surface area contributed by atoms with Crippen molar-refractivity contribution >= 4 is 62.5 Å². The number of carbonyl (C=O) groups excluding carboxylic acids is 1. The first-order chi connectivity index (χ1) is 15.5. The van der Waals surface area contributed by atoms with E-state index in [1.807, 2.05) is 55.5 Å². The van der Waals surface area contributed by atoms with Crippen molar-refractivity contribution < 1.29 is 14.3 Å². The molecule has 4 rings (SSSR count). The molecule has 4 nitrogen and oxygen atoms in total. The first-order valence-electron chi connectivity index (χ1n) is 9.99. The van der Waals surface area contributed by atoms with Gasteiger partial charge in [-0.3, -0.25) is 9.69 Å². The van der Waals surface area contributed by atoms with Crippen LogP contribution >= 0.6 is 50.9 Å². The summed E-state index contributed by atoms with van der Waals surface area (Å²) in [6.07, 6.45) is 0. The van der Waals surface area contributed by atoms with Crippen LogP contribution in [0.15, 0.2) is 65.1 Å². The topological polar surface area (TPSA) is 38.8 Å². The number of hydrogen-bond acceptors (Lipinski definition) is 4. The molecule has 0 bridgehead atoms. The Labute approximate surface area is 209 Å². The van der Waals surface area contributed by atoms with Crippen LogP contribution in [0.2, 0.25) is 10.0 Å². The fourth-order valence-corrected chi connectivity index (χ4v) is 5.50. The van der Waals surface area contributed by atoms with Gasteiger partial charge in [-0.2, -0.15) is 0 Å². The molecule has 1 aliphatic rings. The number of thioether (sulfide) groups is 1. The van der Waals surface area contributed by atoms with Gasteiger partial charge in [0.1, 0.15) is 12.0 Å². The normalized spacial score (nSPS) is 15.8. The maximum Gasteiger partial charge on any atom is 0.238 e. The Morgan fingerprint density at radius 2 is 1.84 bits per heavy atom. The summed E-state index contributed by atoms with van der Waals surface area (Å²) in [7, 11) is 0. The molecule has 0 N–H and O–H groups in total. The van der Waals surface area contributed by atoms with Crippen molar-refractivity contribution in [2.24, 2.45) is 0 Å². The van der Waals surface area contributed by atoms with Gasteiger partial charge in [0.25, 0.3) is 0 Å². The highest BCUT2D eigenvalue weighted by Crippen LogP contribution is 2.46. The number of amides is 1. The number of benzene rings is 3. The van der Waals surface area contributed by atoms with Crippen LogP contribution in [0.25, 0.3) is 0 Å². The molecule has 1 aliphatic heterocycles. The van der Waals surface area contributed by atoms with Crippen LogP contribution in [0.3, 0.4) is 0 Å². The van der Waals surface area contributed by atoms with Gasteiger partial charge >= 0.3 is 0 Å². The monoisotopic (exact) mass is 551 g/mol. The SMILES string of the molecule is CCOc1cc([C@H]2SCC(=O)N2c2ccc(Cl)cc2)cc(Br)c1OCc1ccccc1Cl. The first kappa shape index (κ1) is 23.3. The van der Waals surface area contributed by atoms with Crippen LogP contribution in [-0.4, -0.2) is 18.3 Å². The Balaban J connectivity index is 1.65. The number of hydrogen-bond donors (Lipinski definition) is 0. The van der Waals surface area contributed by atoms with Gasteiger partial charge in [-0.05, 0) is 70.9 Å². The minimum Gasteiger partial charge on any atom is -0.490 e. The minimum absolute atomic E-state index is 0.0513. The zero-order valence-corrected chi connectivity index (χ0v) is 21.1. The van der Waals surface area contributed by atoms with E-state index in [1.165, 1.54) is 0 Å². The fraction of sp³-hybridized carbons (Fsp3) is 0.208. The number of nitrogens with zero attached hydrogens (tertiary/aromatic N) is 1. The standard InChI is InChI=1S/C24H20BrCl2NO3S/c1-2-30-21-12-16(11-19(25)23(21)31-13-15-5-3-4-6-20(15)27)24-28(22(29)14-32-24)18-9-7-17(26)8-10-18/h3-12,24H,2,13-14H2,1H3/t24-/m1/s1. The van der Waals surface area contributed by atoms with Gasteiger partial charge in [-0.1, -0.05) is 41.4 Å². The van der Waals surface area contributed by atoms with Crippen LogP contribution in [0.1, 0.15) is 23.4 Å². The maximum atomic E-state index is 12.7. The Hall–Kier alpha value is -1.86. The number of ether oxygens (including phenoxy) is 2. The van der Waals surface area contributed by atoms with Crippen molar-refractivity contribution in [3.63, 3.8) is 0 Å². The molecule has 0 radical (unpaired) electrons. The van der Waals surface area contributed by atoms with E-state index in [0.29, 0.717) is 40.5 Å². The van der Waals surface area contributed by atoms with Crippen molar-refractivity contribution in [2.75, 3.05) is 17.3 Å². The lowest BCUT2D eigenvalue weighted by molar-refractivity contribution is -0.115. The number of rotatable bonds is 7. The van der Waals surface area contributed by atoms with Crippen LogP contribution < -0.4 is 14.4 Å². The van der Waals surface area contributed by atoms with Crippen LogP contribution in [0.4, 0.5) is 5.69 Å². The molecule has 0 saturated carbocycles. The molecule has 32 heavy (non-hydrogen) atoms. The van der Waals surface area contributed by atoms with Crippen molar-refractivity contribution in [2.45, 2.75) is 18.9 Å². The van der Waals surface area contributed by atoms with E-state index in [-0.39, 0.29) is 11.3 Å². The van der Waals surface area contributed by atoms with Gasteiger partial charge in [0.15, 0.2) is 11.5 Å². The van der Waals surface area contributed by atoms with Gasteiger partial charge in [0.2, 0.25) is 5.91 Å². The second-order valence-electron chi connectivity index (χ2n) is 7.05. The maximum absolute atomic E-state index is 12.7. The summed E-state index contributed by atoms with van der Waals surface area (Å²) in [5, 5.41) is 1.10. The molecule has 1 saturated heterocycles. The third kappa shape index (κ3) is 5.04. The van der Waals surface area contributed by atoms with Crippen molar-refractivity contribution in [3.8, 4) is 11.5 Å². The zero-order chi connectivity index (χ0) is 22.7. The molecule has 0 unspecified atom stereocenters. The summed E-state index contributed by atoms with van der Waals surface area (Å²) >= 11 is 17.5. The molecule has 1 amide bonds. The van der Waals surface area contributed by atoms with Gasteiger partial charge in [-0.15, -0.1) is 11.8 Å². The lowest BCUT2D eigenvalue weighted by Crippen LogP contribution is -2.27. The van der Waals surface area contributed by atoms with Crippen LogP contribution in [0, 0.1) is 0 Å². The molecule has 3 aromatic carbocycles. The number of halogens is 3. The smallest absolute Gasteiger partial charge is 0.238 e. The summed E-state index contributed by atoms with van der Waals surface area (Å²) in [5.41, 5.74) is 2.64. The Kier molecular flexibility index (Phi) is 7.56. The molecular weight excluding hydrogens is 533 g/mol. The van der Waals surface area contributed by atoms with E-state index in [1.54, 1.807) is 28.8 Å². The molecule has 0 spiro atoms. The van der Waals surface area contributed by atoms with Crippen molar-refractivity contribution in [3.05, 3.63) is 86.3 Å². The Bertz CT molecular complexity index is 1130. The molecular formula is C24H20BrCl2NO3S. The predicted octanol–water partition coefficient (Wildman–Crippen LogP) is 7.51. The van der Waals surface area contributed by atoms with E-state index >= 15 is 0 Å². The molecule has 1 atom stereocenters. The van der Waals surface area contributed by atoms with Crippen LogP contribution in [-0.2, 0) is 11.4 Å². The van der Waals surface area contributed by atoms with E-state index < -0.39 is 0 Å². The molecule has 3 aromatic rings. The minimum atomic E-state index is -0.184. The highest BCUT2D eigenvalue weighted by Gasteiger charge is 2.35. The van der Waals surface area contributed by atoms with E-state index in [2.05, 4.69) is 15.9 Å². The van der Waals surface area contributed by atoms with E-state index in [4.69, 9.17) is 32.7 Å². The largest absolute Gasteiger partial charge is 0.490 e. The average Bonchev–Trinajstić information content (AvgIpc) is 3.16. The van der Waals surface area contributed by atoms with Crippen molar-refractivity contribution in [1.82, 2.24) is 0 Å². The third-order valence-corrected chi connectivity index (χ3v) is 7.34. The highest BCUT2D eigenvalue weighted by atomic mass is 79.9. The second-order valence-corrected chi connectivity index (χ2v) is 9.81. The number of carbonyl (C=O) groups is 1. The highest BCUT2D eigenvalue weighted by molar-refractivity contribution is 9.10. The zero-order valence-electron chi connectivity index (χ0n) is 17.2. The third-order valence-electron chi connectivity index (χ3n) is 4.92. The van der Waals surface area contributed by atoms with E-state index in [0.717, 1.165) is 21.3 Å². The summed E-state index contributed by atoms with van der Waals surface area (Å²) in [4.78, 5) is 14.5. The van der Waals surface area contributed by atoms with Gasteiger partial charge in [0, 0.05) is 21.3 Å². The van der Waals surface area contributed by atoms with Crippen molar-refractivity contribution in [1.29, 1.82) is 0 Å². The lowest BCUT2D eigenvalue weighted by Gasteiger charge is -2.25.